The van der Waals surface area contributed by atoms with Gasteiger partial charge in [0.1, 0.15) is 5.75 Å². The molecule has 8 heteroatoms. The highest BCUT2D eigenvalue weighted by Crippen LogP contribution is 2.30. The van der Waals surface area contributed by atoms with Crippen LogP contribution >= 0.6 is 23.4 Å². The Morgan fingerprint density at radius 2 is 1.97 bits per heavy atom. The monoisotopic (exact) mass is 459 g/mol. The molecule has 0 saturated carbocycles. The summed E-state index contributed by atoms with van der Waals surface area (Å²) < 4.78 is 7.03. The normalized spacial score (nSPS) is 12.2. The Bertz CT molecular complexity index is 1180. The minimum Gasteiger partial charge on any atom is -0.495 e. The van der Waals surface area contributed by atoms with E-state index in [1.807, 2.05) is 39.0 Å². The van der Waals surface area contributed by atoms with E-state index < -0.39 is 5.25 Å². The number of fused-ring (bicyclic) bond motifs is 1. The van der Waals surface area contributed by atoms with E-state index in [2.05, 4.69) is 5.32 Å². The molecule has 1 unspecified atom stereocenters. The summed E-state index contributed by atoms with van der Waals surface area (Å²) in [5.74, 6) is 0.778. The first-order valence-corrected chi connectivity index (χ1v) is 11.3. The lowest BCUT2D eigenvalue weighted by atomic mass is 10.2. The first kappa shape index (κ1) is 23.2. The van der Waals surface area contributed by atoms with Crippen LogP contribution < -0.4 is 15.6 Å². The Hall–Kier alpha value is -2.51. The highest BCUT2D eigenvalue weighted by atomic mass is 35.5. The molecule has 3 aromatic rings. The third kappa shape index (κ3) is 5.22. The predicted molar refractivity (Wildman–Crippen MR) is 127 cm³/mol. The summed E-state index contributed by atoms with van der Waals surface area (Å²) in [5, 5.41) is 3.81. The number of amides is 1. The smallest absolute Gasteiger partial charge is 0.266 e. The van der Waals surface area contributed by atoms with Crippen molar-refractivity contribution in [2.45, 2.75) is 38.1 Å². The zero-order valence-corrected chi connectivity index (χ0v) is 19.8. The molecule has 1 N–H and O–H groups in total. The van der Waals surface area contributed by atoms with Crippen molar-refractivity contribution in [3.05, 3.63) is 57.3 Å². The van der Waals surface area contributed by atoms with Crippen LogP contribution in [0.4, 0.5) is 0 Å². The summed E-state index contributed by atoms with van der Waals surface area (Å²) in [6.45, 7) is 8.40. The zero-order valence-electron chi connectivity index (χ0n) is 18.2. The molecule has 0 bridgehead atoms. The van der Waals surface area contributed by atoms with Crippen LogP contribution in [0, 0.1) is 12.8 Å². The van der Waals surface area contributed by atoms with Gasteiger partial charge in [0.25, 0.3) is 5.56 Å². The van der Waals surface area contributed by atoms with E-state index in [1.54, 1.807) is 32.2 Å². The summed E-state index contributed by atoms with van der Waals surface area (Å²) >= 11 is 7.36. The molecule has 0 saturated heterocycles. The first-order chi connectivity index (χ1) is 14.7. The molecule has 0 radical (unpaired) electrons. The Morgan fingerprint density at radius 1 is 1.23 bits per heavy atom. The van der Waals surface area contributed by atoms with Crippen LogP contribution in [0.5, 0.6) is 5.75 Å². The number of nitrogens with zero attached hydrogens (tertiary/aromatic N) is 2. The van der Waals surface area contributed by atoms with Crippen molar-refractivity contribution in [1.82, 2.24) is 14.9 Å². The quantitative estimate of drug-likeness (QED) is 0.412. The number of halogens is 1. The summed E-state index contributed by atoms with van der Waals surface area (Å²) in [6.07, 6.45) is 0. The van der Waals surface area contributed by atoms with Crippen molar-refractivity contribution in [3.8, 4) is 11.4 Å². The first-order valence-electron chi connectivity index (χ1n) is 10.0. The van der Waals surface area contributed by atoms with E-state index in [4.69, 9.17) is 21.3 Å². The van der Waals surface area contributed by atoms with E-state index in [1.165, 1.54) is 16.3 Å². The molecule has 0 aliphatic carbocycles. The maximum Gasteiger partial charge on any atom is 0.266 e. The van der Waals surface area contributed by atoms with Gasteiger partial charge in [-0.15, -0.1) is 0 Å². The van der Waals surface area contributed by atoms with Gasteiger partial charge in [-0.3, -0.25) is 14.2 Å². The van der Waals surface area contributed by atoms with Gasteiger partial charge in [0.05, 0.1) is 29.0 Å². The minimum atomic E-state index is -0.454. The largest absolute Gasteiger partial charge is 0.495 e. The van der Waals surface area contributed by atoms with Gasteiger partial charge in [0.15, 0.2) is 5.16 Å². The number of carbonyl (C=O) groups excluding carboxylic acids is 1. The molecule has 31 heavy (non-hydrogen) atoms. The molecule has 0 spiro atoms. The standard InChI is InChI=1S/C23H26ClN3O3S/c1-13(2)12-25-21(28)15(4)31-23-26-18-11-16(24)7-8-17(18)22(29)27(23)19-10-14(3)6-9-20(19)30-5/h6-11,13,15H,12H2,1-5H3,(H,25,28). The Kier molecular flexibility index (Phi) is 7.28. The number of benzene rings is 2. The van der Waals surface area contributed by atoms with Crippen LogP contribution in [0.15, 0.2) is 46.3 Å². The number of thioether (sulfide) groups is 1. The van der Waals surface area contributed by atoms with Gasteiger partial charge in [-0.2, -0.15) is 0 Å². The Morgan fingerprint density at radius 3 is 2.65 bits per heavy atom. The van der Waals surface area contributed by atoms with Gasteiger partial charge in [-0.1, -0.05) is 43.3 Å². The minimum absolute atomic E-state index is 0.109. The second kappa shape index (κ2) is 9.75. The molecule has 6 nitrogen and oxygen atoms in total. The maximum atomic E-state index is 13.5. The second-order valence-corrected chi connectivity index (χ2v) is 9.52. The fourth-order valence-corrected chi connectivity index (χ4v) is 4.18. The molecule has 1 aromatic heterocycles. The molecule has 1 atom stereocenters. The van der Waals surface area contributed by atoms with Crippen LogP contribution in [0.1, 0.15) is 26.3 Å². The van der Waals surface area contributed by atoms with Gasteiger partial charge in [-0.25, -0.2) is 4.98 Å². The highest BCUT2D eigenvalue weighted by Gasteiger charge is 2.22. The zero-order chi connectivity index (χ0) is 22.7. The van der Waals surface area contributed by atoms with Crippen molar-refractivity contribution in [2.24, 2.45) is 5.92 Å². The lowest BCUT2D eigenvalue weighted by Crippen LogP contribution is -2.34. The number of aryl methyl sites for hydroxylation is 1. The molecule has 3 rings (SSSR count). The van der Waals surface area contributed by atoms with Crippen molar-refractivity contribution < 1.29 is 9.53 Å². The molecule has 164 valence electrons. The molecule has 2 aromatic carbocycles. The third-order valence-electron chi connectivity index (χ3n) is 4.71. The van der Waals surface area contributed by atoms with Gasteiger partial charge < -0.3 is 10.1 Å². The SMILES string of the molecule is COc1ccc(C)cc1-n1c(SC(C)C(=O)NCC(C)C)nc2cc(Cl)ccc2c1=O. The average molecular weight is 460 g/mol. The fraction of sp³-hybridized carbons (Fsp3) is 0.348. The van der Waals surface area contributed by atoms with Crippen LogP contribution in [0.25, 0.3) is 16.6 Å². The van der Waals surface area contributed by atoms with Crippen molar-refractivity contribution in [3.63, 3.8) is 0 Å². The number of carbonyl (C=O) groups is 1. The summed E-state index contributed by atoms with van der Waals surface area (Å²) in [5.41, 5.74) is 1.78. The summed E-state index contributed by atoms with van der Waals surface area (Å²) in [7, 11) is 1.56. The van der Waals surface area contributed by atoms with Crippen molar-refractivity contribution >= 4 is 40.2 Å². The topological polar surface area (TPSA) is 73.2 Å². The molecular weight excluding hydrogens is 434 g/mol. The lowest BCUT2D eigenvalue weighted by Gasteiger charge is -2.19. The molecular formula is C23H26ClN3O3S. The van der Waals surface area contributed by atoms with Gasteiger partial charge in [-0.05, 0) is 55.7 Å². The fourth-order valence-electron chi connectivity index (χ4n) is 3.06. The number of ether oxygens (including phenoxy) is 1. The van der Waals surface area contributed by atoms with Crippen molar-refractivity contribution in [2.75, 3.05) is 13.7 Å². The van der Waals surface area contributed by atoms with Gasteiger partial charge in [0.2, 0.25) is 5.91 Å². The summed E-state index contributed by atoms with van der Waals surface area (Å²) in [4.78, 5) is 30.8. The molecule has 0 aliphatic rings. The van der Waals surface area contributed by atoms with Crippen LogP contribution in [0.2, 0.25) is 5.02 Å². The number of aromatic nitrogens is 2. The maximum absolute atomic E-state index is 13.5. The molecule has 1 amide bonds. The van der Waals surface area contributed by atoms with E-state index >= 15 is 0 Å². The number of nitrogens with one attached hydrogen (secondary N) is 1. The Balaban J connectivity index is 2.17. The van der Waals surface area contributed by atoms with Gasteiger partial charge >= 0.3 is 0 Å². The average Bonchev–Trinajstić information content (AvgIpc) is 2.71. The molecule has 1 heterocycles. The van der Waals surface area contributed by atoms with Crippen LogP contribution in [-0.4, -0.2) is 34.4 Å². The molecule has 0 aliphatic heterocycles. The highest BCUT2D eigenvalue weighted by molar-refractivity contribution is 8.00. The van der Waals surface area contributed by atoms with E-state index in [-0.39, 0.29) is 11.5 Å². The second-order valence-electron chi connectivity index (χ2n) is 7.77. The Labute approximate surface area is 191 Å². The number of hydrogen-bond donors (Lipinski definition) is 1. The van der Waals surface area contributed by atoms with E-state index in [9.17, 15) is 9.59 Å². The van der Waals surface area contributed by atoms with E-state index in [0.717, 1.165) is 5.56 Å². The third-order valence-corrected chi connectivity index (χ3v) is 6.00. The van der Waals surface area contributed by atoms with Crippen molar-refractivity contribution in [1.29, 1.82) is 0 Å². The van der Waals surface area contributed by atoms with Crippen LogP contribution in [-0.2, 0) is 4.79 Å². The number of rotatable bonds is 7. The predicted octanol–water partition coefficient (Wildman–Crippen LogP) is 4.61. The lowest BCUT2D eigenvalue weighted by molar-refractivity contribution is -0.120. The van der Waals surface area contributed by atoms with Crippen LogP contribution in [0.3, 0.4) is 0 Å². The van der Waals surface area contributed by atoms with Gasteiger partial charge in [0, 0.05) is 11.6 Å². The van der Waals surface area contributed by atoms with E-state index in [0.29, 0.717) is 45.0 Å². The number of hydrogen-bond acceptors (Lipinski definition) is 5. The number of methoxy groups -OCH3 is 1. The summed E-state index contributed by atoms with van der Waals surface area (Å²) in [6, 6.07) is 10.6. The molecule has 0 fully saturated rings.